The van der Waals surface area contributed by atoms with Crippen molar-refractivity contribution in [2.75, 3.05) is 36.5 Å². The molecule has 0 spiro atoms. The van der Waals surface area contributed by atoms with E-state index in [1.54, 1.807) is 18.0 Å². The summed E-state index contributed by atoms with van der Waals surface area (Å²) in [5.74, 6) is 0. The number of aliphatic hydroxyl groups excluding tert-OH is 1. The number of fused-ring (bicyclic) bond motifs is 1. The highest BCUT2D eigenvalue weighted by molar-refractivity contribution is 6.00. The molecule has 0 atom stereocenters. The summed E-state index contributed by atoms with van der Waals surface area (Å²) < 4.78 is 4.96. The Balaban J connectivity index is 1.81. The van der Waals surface area contributed by atoms with Gasteiger partial charge in [0.05, 0.1) is 17.2 Å². The van der Waals surface area contributed by atoms with Crippen LogP contribution in [0.3, 0.4) is 0 Å². The fraction of sp³-hybridized carbons (Fsp3) is 0.250. The summed E-state index contributed by atoms with van der Waals surface area (Å²) >= 11 is 0. The molecule has 0 unspecified atom stereocenters. The number of nitro groups is 1. The van der Waals surface area contributed by atoms with Crippen LogP contribution in [-0.4, -0.2) is 47.1 Å². The Hall–Kier alpha value is -3.98. The van der Waals surface area contributed by atoms with Crippen molar-refractivity contribution in [3.05, 3.63) is 88.0 Å². The van der Waals surface area contributed by atoms with Crippen molar-refractivity contribution in [1.82, 2.24) is 10.3 Å². The third kappa shape index (κ3) is 4.93. The molecule has 0 aliphatic carbocycles. The number of hydrogen-bond donors (Lipinski definition) is 1. The van der Waals surface area contributed by atoms with Crippen molar-refractivity contribution in [2.24, 2.45) is 0 Å². The molecule has 1 heterocycles. The third-order valence-corrected chi connectivity index (χ3v) is 5.57. The smallest absolute Gasteiger partial charge is 0.323 e. The van der Waals surface area contributed by atoms with Gasteiger partial charge in [0, 0.05) is 26.7 Å². The average Bonchev–Trinajstić information content (AvgIpc) is 3.32. The monoisotopic (exact) mass is 447 g/mol. The number of aliphatic hydroxyl groups is 1. The second-order valence-corrected chi connectivity index (χ2v) is 7.77. The Morgan fingerprint density at radius 3 is 2.21 bits per heavy atom. The first-order valence-electron chi connectivity index (χ1n) is 10.7. The molecule has 170 valence electrons. The molecule has 4 rings (SSSR count). The number of rotatable bonds is 10. The maximum atomic E-state index is 11.9. The molecule has 1 N–H and O–H groups in total. The summed E-state index contributed by atoms with van der Waals surface area (Å²) in [5.41, 5.74) is 3.57. The summed E-state index contributed by atoms with van der Waals surface area (Å²) in [4.78, 5) is 15.2. The van der Waals surface area contributed by atoms with E-state index in [1.807, 2.05) is 48.5 Å². The van der Waals surface area contributed by atoms with E-state index in [0.717, 1.165) is 12.0 Å². The standard InChI is InChI=1S/C24H25N5O4/c1-27(14-15-30)21-16-20(22-23(26-33-25-22)24(21)29(31)32)28(17-19-10-6-3-7-11-19)13-12-18-8-4-2-5-9-18/h2-11,16,30H,12-15,17H2,1H3. The van der Waals surface area contributed by atoms with Crippen LogP contribution in [-0.2, 0) is 13.0 Å². The molecule has 1 aromatic heterocycles. The first-order valence-corrected chi connectivity index (χ1v) is 10.7. The molecule has 3 aromatic carbocycles. The first kappa shape index (κ1) is 22.2. The quantitative estimate of drug-likeness (QED) is 0.289. The van der Waals surface area contributed by atoms with Gasteiger partial charge in [0.15, 0.2) is 5.52 Å². The second-order valence-electron chi connectivity index (χ2n) is 7.77. The number of hydrogen-bond acceptors (Lipinski definition) is 8. The van der Waals surface area contributed by atoms with Crippen LogP contribution in [0.4, 0.5) is 17.1 Å². The zero-order valence-electron chi connectivity index (χ0n) is 18.3. The summed E-state index contributed by atoms with van der Waals surface area (Å²) in [7, 11) is 1.70. The van der Waals surface area contributed by atoms with Gasteiger partial charge in [0.1, 0.15) is 5.69 Å². The van der Waals surface area contributed by atoms with Gasteiger partial charge in [-0.1, -0.05) is 60.7 Å². The van der Waals surface area contributed by atoms with Crippen LogP contribution in [0.2, 0.25) is 0 Å². The average molecular weight is 447 g/mol. The molecule has 9 heteroatoms. The maximum absolute atomic E-state index is 11.9. The van der Waals surface area contributed by atoms with Gasteiger partial charge >= 0.3 is 5.69 Å². The Morgan fingerprint density at radius 2 is 1.58 bits per heavy atom. The highest BCUT2D eigenvalue weighted by Crippen LogP contribution is 2.40. The lowest BCUT2D eigenvalue weighted by molar-refractivity contribution is -0.382. The predicted octanol–water partition coefficient (Wildman–Crippen LogP) is 3.81. The maximum Gasteiger partial charge on any atom is 0.323 e. The van der Waals surface area contributed by atoms with Crippen LogP contribution >= 0.6 is 0 Å². The summed E-state index contributed by atoms with van der Waals surface area (Å²) in [6.07, 6.45) is 0.777. The molecule has 9 nitrogen and oxygen atoms in total. The molecule has 0 saturated heterocycles. The Kier molecular flexibility index (Phi) is 6.80. The molecule has 4 aromatic rings. The van der Waals surface area contributed by atoms with Gasteiger partial charge in [-0.25, -0.2) is 4.63 Å². The van der Waals surface area contributed by atoms with E-state index in [9.17, 15) is 15.2 Å². The minimum Gasteiger partial charge on any atom is -0.395 e. The van der Waals surface area contributed by atoms with E-state index in [4.69, 9.17) is 4.63 Å². The summed E-state index contributed by atoms with van der Waals surface area (Å²) in [6, 6.07) is 21.9. The van der Waals surface area contributed by atoms with E-state index >= 15 is 0 Å². The van der Waals surface area contributed by atoms with Gasteiger partial charge in [0.25, 0.3) is 0 Å². The molecule has 0 fully saturated rings. The molecule has 33 heavy (non-hydrogen) atoms. The van der Waals surface area contributed by atoms with Crippen LogP contribution in [0.1, 0.15) is 11.1 Å². The van der Waals surface area contributed by atoms with E-state index in [1.165, 1.54) is 5.56 Å². The van der Waals surface area contributed by atoms with Crippen LogP contribution in [0.25, 0.3) is 11.0 Å². The minimum atomic E-state index is -0.481. The van der Waals surface area contributed by atoms with E-state index < -0.39 is 4.92 Å². The molecule has 0 bridgehead atoms. The molecule has 0 saturated carbocycles. The first-order chi connectivity index (χ1) is 16.1. The minimum absolute atomic E-state index is 0.0927. The zero-order valence-corrected chi connectivity index (χ0v) is 18.3. The van der Waals surface area contributed by atoms with Crippen LogP contribution < -0.4 is 9.80 Å². The molecule has 0 radical (unpaired) electrons. The van der Waals surface area contributed by atoms with Gasteiger partial charge in [-0.2, -0.15) is 0 Å². The van der Waals surface area contributed by atoms with Crippen molar-refractivity contribution in [2.45, 2.75) is 13.0 Å². The van der Waals surface area contributed by atoms with Crippen LogP contribution in [0, 0.1) is 10.1 Å². The number of likely N-dealkylation sites (N-methyl/N-ethyl adjacent to an activating group) is 1. The highest BCUT2D eigenvalue weighted by atomic mass is 16.6. The lowest BCUT2D eigenvalue weighted by Gasteiger charge is -2.27. The summed E-state index contributed by atoms with van der Waals surface area (Å²) in [6.45, 7) is 1.33. The van der Waals surface area contributed by atoms with Crippen molar-refractivity contribution >= 4 is 28.1 Å². The van der Waals surface area contributed by atoms with Gasteiger partial charge in [0.2, 0.25) is 5.52 Å². The summed E-state index contributed by atoms with van der Waals surface area (Å²) in [5, 5.41) is 29.2. The molecular formula is C24H25N5O4. The number of benzene rings is 3. The SMILES string of the molecule is CN(CCO)c1cc(N(CCc2ccccc2)Cc2ccccc2)c2nonc2c1[N+](=O)[O-]. The topological polar surface area (TPSA) is 109 Å². The Morgan fingerprint density at radius 1 is 0.939 bits per heavy atom. The Bertz CT molecular complexity index is 1210. The lowest BCUT2D eigenvalue weighted by atomic mass is 10.1. The van der Waals surface area contributed by atoms with Crippen LogP contribution in [0.15, 0.2) is 71.4 Å². The number of aromatic nitrogens is 2. The number of anilines is 2. The van der Waals surface area contributed by atoms with Gasteiger partial charge < -0.3 is 14.9 Å². The van der Waals surface area contributed by atoms with Crippen molar-refractivity contribution in [3.8, 4) is 0 Å². The molecule has 0 amide bonds. The number of nitro benzene ring substituents is 1. The van der Waals surface area contributed by atoms with Crippen molar-refractivity contribution < 1.29 is 14.7 Å². The van der Waals surface area contributed by atoms with Gasteiger partial charge in [-0.3, -0.25) is 10.1 Å². The molecular weight excluding hydrogens is 422 g/mol. The third-order valence-electron chi connectivity index (χ3n) is 5.57. The van der Waals surface area contributed by atoms with E-state index in [0.29, 0.717) is 30.0 Å². The van der Waals surface area contributed by atoms with E-state index in [-0.39, 0.29) is 24.4 Å². The van der Waals surface area contributed by atoms with E-state index in [2.05, 4.69) is 27.3 Å². The normalized spacial score (nSPS) is 11.0. The van der Waals surface area contributed by atoms with Crippen molar-refractivity contribution in [1.29, 1.82) is 0 Å². The molecule has 0 aliphatic heterocycles. The van der Waals surface area contributed by atoms with Crippen LogP contribution in [0.5, 0.6) is 0 Å². The fourth-order valence-corrected chi connectivity index (χ4v) is 3.88. The zero-order chi connectivity index (χ0) is 23.2. The predicted molar refractivity (Wildman–Crippen MR) is 126 cm³/mol. The fourth-order valence-electron chi connectivity index (χ4n) is 3.88. The van der Waals surface area contributed by atoms with Crippen molar-refractivity contribution in [3.63, 3.8) is 0 Å². The largest absolute Gasteiger partial charge is 0.395 e. The van der Waals surface area contributed by atoms with Gasteiger partial charge in [-0.05, 0) is 33.9 Å². The number of nitrogens with zero attached hydrogens (tertiary/aromatic N) is 5. The highest BCUT2D eigenvalue weighted by Gasteiger charge is 2.29. The lowest BCUT2D eigenvalue weighted by Crippen LogP contribution is -2.27. The molecule has 0 aliphatic rings. The second kappa shape index (κ2) is 10.1. The van der Waals surface area contributed by atoms with Gasteiger partial charge in [-0.15, -0.1) is 0 Å². The Labute approximate surface area is 191 Å².